The van der Waals surface area contributed by atoms with Crippen molar-refractivity contribution in [2.45, 2.75) is 84.5 Å². The number of non-ortho nitro benzene ring substituents is 1. The van der Waals surface area contributed by atoms with Crippen molar-refractivity contribution >= 4 is 29.2 Å². The Bertz CT molecular complexity index is 1480. The number of ether oxygens (including phenoxy) is 1. The van der Waals surface area contributed by atoms with Crippen molar-refractivity contribution in [1.82, 2.24) is 9.80 Å². The average molecular weight is 693 g/mol. The zero-order chi connectivity index (χ0) is 36.7. The lowest BCUT2D eigenvalue weighted by Gasteiger charge is -2.34. The van der Waals surface area contributed by atoms with Crippen molar-refractivity contribution in [3.63, 3.8) is 0 Å². The molecule has 0 spiro atoms. The summed E-state index contributed by atoms with van der Waals surface area (Å²) in [6, 6.07) is 13.4. The molecule has 0 aliphatic carbocycles. The summed E-state index contributed by atoms with van der Waals surface area (Å²) >= 11 is 0. The molecule has 1 fully saturated rings. The van der Waals surface area contributed by atoms with Gasteiger partial charge in [0.1, 0.15) is 17.9 Å². The number of hydrogen-bond donors (Lipinski definition) is 2. The number of carbonyl (C=O) groups excluding carboxylic acids is 3. The summed E-state index contributed by atoms with van der Waals surface area (Å²) in [5, 5.41) is 29.9. The molecule has 2 aliphatic heterocycles. The zero-order valence-electron chi connectivity index (χ0n) is 29.8. The number of anilines is 1. The second kappa shape index (κ2) is 19.6. The second-order valence-electron chi connectivity index (χ2n) is 12.5. The largest absolute Gasteiger partial charge is 0.492 e. The summed E-state index contributed by atoms with van der Waals surface area (Å²) in [4.78, 5) is 56.3. The van der Waals surface area contributed by atoms with Gasteiger partial charge in [-0.2, -0.15) is 0 Å². The minimum atomic E-state index is -0.736. The molecule has 0 aromatic heterocycles. The van der Waals surface area contributed by atoms with Crippen LogP contribution in [0.1, 0.15) is 84.6 Å². The van der Waals surface area contributed by atoms with Crippen molar-refractivity contribution in [2.75, 3.05) is 44.4 Å². The Kier molecular flexibility index (Phi) is 15.6. The number of rotatable bonds is 18. The van der Waals surface area contributed by atoms with Crippen LogP contribution in [0.25, 0.3) is 0 Å². The molecule has 4 amide bonds. The summed E-state index contributed by atoms with van der Waals surface area (Å²) in [5.74, 6) is -0.629. The van der Waals surface area contributed by atoms with Crippen LogP contribution in [0.3, 0.4) is 0 Å². The van der Waals surface area contributed by atoms with Crippen LogP contribution < -0.4 is 9.64 Å². The molecule has 4 rings (SSSR count). The minimum absolute atomic E-state index is 0.0395. The first-order chi connectivity index (χ1) is 24.1. The Morgan fingerprint density at radius 2 is 1.32 bits per heavy atom. The van der Waals surface area contributed by atoms with Crippen molar-refractivity contribution in [1.29, 1.82) is 0 Å². The highest BCUT2D eigenvalue weighted by molar-refractivity contribution is 6.28. The molecule has 0 unspecified atom stereocenters. The number of nitrogens with zero attached hydrogens (tertiary/aromatic N) is 4. The van der Waals surface area contributed by atoms with E-state index in [0.29, 0.717) is 63.1 Å². The summed E-state index contributed by atoms with van der Waals surface area (Å²) in [5.41, 5.74) is 1.30. The fraction of sp³-hybridized carbons (Fsp3) is 0.500. The number of aliphatic hydroxyl groups is 2. The standard InChI is InChI=1S/C36H46N4O8.C2H6/c1-36(2)30-26-27(40(46)47)16-18-31(30)37(22-25-48-28-14-8-7-9-15-28)32(36)19-17-29-33(43)38(20-10-3-5-12-23-41)35(45)39(34(29)44)21-11-4-6-13-24-42;1-2/h7-9,14-19,26,41-42H,3-6,10-13,20-25H2,1-2H3;1-2H3/b32-19+;. The summed E-state index contributed by atoms with van der Waals surface area (Å²) < 4.78 is 5.97. The third kappa shape index (κ3) is 9.79. The van der Waals surface area contributed by atoms with Gasteiger partial charge in [0, 0.05) is 55.2 Å². The monoisotopic (exact) mass is 692 g/mol. The first-order valence-electron chi connectivity index (χ1n) is 17.7. The van der Waals surface area contributed by atoms with Gasteiger partial charge < -0.3 is 19.8 Å². The van der Waals surface area contributed by atoms with Gasteiger partial charge in [-0.05, 0) is 61.6 Å². The molecule has 0 saturated carbocycles. The zero-order valence-corrected chi connectivity index (χ0v) is 29.8. The lowest BCUT2D eigenvalue weighted by molar-refractivity contribution is -0.384. The maximum absolute atomic E-state index is 13.7. The Morgan fingerprint density at radius 1 is 0.760 bits per heavy atom. The number of para-hydroxylation sites is 1. The molecule has 1 saturated heterocycles. The molecule has 12 heteroatoms. The molecule has 272 valence electrons. The molecule has 2 aliphatic rings. The fourth-order valence-corrected chi connectivity index (χ4v) is 6.16. The van der Waals surface area contributed by atoms with E-state index in [1.165, 1.54) is 12.1 Å². The molecule has 0 bridgehead atoms. The maximum Gasteiger partial charge on any atom is 0.333 e. The average Bonchev–Trinajstić information content (AvgIpc) is 3.32. The van der Waals surface area contributed by atoms with Gasteiger partial charge >= 0.3 is 6.03 Å². The number of carbonyl (C=O) groups is 3. The summed E-state index contributed by atoms with van der Waals surface area (Å²) in [6.45, 7) is 9.00. The highest BCUT2D eigenvalue weighted by atomic mass is 16.6. The van der Waals surface area contributed by atoms with E-state index >= 15 is 0 Å². The number of benzene rings is 2. The third-order valence-electron chi connectivity index (χ3n) is 8.81. The van der Waals surface area contributed by atoms with E-state index in [4.69, 9.17) is 14.9 Å². The minimum Gasteiger partial charge on any atom is -0.492 e. The lowest BCUT2D eigenvalue weighted by atomic mass is 9.83. The third-order valence-corrected chi connectivity index (χ3v) is 8.81. The van der Waals surface area contributed by atoms with Crippen LogP contribution in [0.5, 0.6) is 5.75 Å². The van der Waals surface area contributed by atoms with E-state index in [9.17, 15) is 24.5 Å². The number of nitro groups is 1. The van der Waals surface area contributed by atoms with Gasteiger partial charge in [-0.25, -0.2) is 4.79 Å². The molecule has 50 heavy (non-hydrogen) atoms. The van der Waals surface area contributed by atoms with Crippen molar-refractivity contribution in [3.05, 3.63) is 87.6 Å². The fourth-order valence-electron chi connectivity index (χ4n) is 6.16. The van der Waals surface area contributed by atoms with Gasteiger partial charge in [0.2, 0.25) is 0 Å². The topological polar surface area (TPSA) is 154 Å². The SMILES string of the molecule is CC.CC1(C)/C(=C\C=C2C(=O)N(CCCCCCO)C(=O)N(CCCCCCO)C2=O)N(CCOc2ccccc2)c2ccc([N+](=O)[O-])cc21. The van der Waals surface area contributed by atoms with E-state index in [1.54, 1.807) is 18.2 Å². The smallest absolute Gasteiger partial charge is 0.333 e. The number of aliphatic hydroxyl groups excluding tert-OH is 2. The normalized spacial score (nSPS) is 16.0. The number of amides is 4. The van der Waals surface area contributed by atoms with Gasteiger partial charge in [0.25, 0.3) is 17.5 Å². The number of barbiturate groups is 1. The van der Waals surface area contributed by atoms with Gasteiger partial charge in [-0.1, -0.05) is 71.6 Å². The number of hydrogen-bond acceptors (Lipinski definition) is 9. The maximum atomic E-state index is 13.7. The number of allylic oxidation sites excluding steroid dienone is 3. The highest BCUT2D eigenvalue weighted by Gasteiger charge is 2.43. The Labute approximate surface area is 295 Å². The summed E-state index contributed by atoms with van der Waals surface area (Å²) in [6.07, 6.45) is 8.47. The van der Waals surface area contributed by atoms with Gasteiger partial charge in [-0.15, -0.1) is 0 Å². The van der Waals surface area contributed by atoms with Crippen LogP contribution in [0, 0.1) is 10.1 Å². The molecule has 2 N–H and O–H groups in total. The molecule has 0 atom stereocenters. The van der Waals surface area contributed by atoms with E-state index in [0.717, 1.165) is 33.9 Å². The molecular formula is C38H52N4O8. The van der Waals surface area contributed by atoms with Crippen LogP contribution in [0.4, 0.5) is 16.2 Å². The predicted molar refractivity (Wildman–Crippen MR) is 193 cm³/mol. The Balaban J connectivity index is 0.00000332. The Hall–Kier alpha value is -4.55. The molecular weight excluding hydrogens is 640 g/mol. The van der Waals surface area contributed by atoms with Crippen molar-refractivity contribution < 1.29 is 34.3 Å². The van der Waals surface area contributed by atoms with Gasteiger partial charge in [0.15, 0.2) is 0 Å². The van der Waals surface area contributed by atoms with Crippen LogP contribution >= 0.6 is 0 Å². The molecule has 2 aromatic rings. The lowest BCUT2D eigenvalue weighted by Crippen LogP contribution is -2.56. The molecule has 12 nitrogen and oxygen atoms in total. The number of imide groups is 2. The van der Waals surface area contributed by atoms with Gasteiger partial charge in [-0.3, -0.25) is 29.5 Å². The van der Waals surface area contributed by atoms with Crippen LogP contribution in [-0.2, 0) is 15.0 Å². The van der Waals surface area contributed by atoms with Crippen molar-refractivity contribution in [2.24, 2.45) is 0 Å². The number of nitro benzene ring substituents is 1. The second-order valence-corrected chi connectivity index (χ2v) is 12.5. The van der Waals surface area contributed by atoms with E-state index < -0.39 is 28.2 Å². The van der Waals surface area contributed by atoms with E-state index in [-0.39, 0.29) is 37.6 Å². The molecule has 2 heterocycles. The predicted octanol–water partition coefficient (Wildman–Crippen LogP) is 6.50. The number of fused-ring (bicyclic) bond motifs is 1. The number of urea groups is 1. The quantitative estimate of drug-likeness (QED) is 0.0586. The Morgan fingerprint density at radius 3 is 1.86 bits per heavy atom. The van der Waals surface area contributed by atoms with Crippen LogP contribution in [0.2, 0.25) is 0 Å². The van der Waals surface area contributed by atoms with Gasteiger partial charge in [0.05, 0.1) is 11.5 Å². The molecule has 2 aromatic carbocycles. The number of unbranched alkanes of at least 4 members (excludes halogenated alkanes) is 6. The molecule has 0 radical (unpaired) electrons. The highest BCUT2D eigenvalue weighted by Crippen LogP contribution is 2.48. The van der Waals surface area contributed by atoms with Crippen LogP contribution in [-0.4, -0.2) is 82.2 Å². The summed E-state index contributed by atoms with van der Waals surface area (Å²) in [7, 11) is 0. The van der Waals surface area contributed by atoms with Crippen LogP contribution in [0.15, 0.2) is 72.0 Å². The van der Waals surface area contributed by atoms with E-state index in [2.05, 4.69) is 0 Å². The first-order valence-corrected chi connectivity index (χ1v) is 17.7. The van der Waals surface area contributed by atoms with E-state index in [1.807, 2.05) is 62.9 Å². The first kappa shape index (κ1) is 39.9. The van der Waals surface area contributed by atoms with Crippen molar-refractivity contribution in [3.8, 4) is 5.75 Å².